The Bertz CT molecular complexity index is 883. The molecule has 0 radical (unpaired) electrons. The highest BCUT2D eigenvalue weighted by atomic mass is 16.3. The maximum Gasteiger partial charge on any atom is 0.261 e. The number of nitrogens with one attached hydrogen (secondary N) is 2. The summed E-state index contributed by atoms with van der Waals surface area (Å²) < 4.78 is 0. The molecule has 2 heterocycles. The summed E-state index contributed by atoms with van der Waals surface area (Å²) in [6, 6.07) is 4.63. The van der Waals surface area contributed by atoms with Gasteiger partial charge >= 0.3 is 0 Å². The molecule has 0 unspecified atom stereocenters. The quantitative estimate of drug-likeness (QED) is 0.738. The summed E-state index contributed by atoms with van der Waals surface area (Å²) in [7, 11) is 0. The van der Waals surface area contributed by atoms with Crippen molar-refractivity contribution >= 4 is 17.6 Å². The lowest BCUT2D eigenvalue weighted by molar-refractivity contribution is 0.0974. The van der Waals surface area contributed by atoms with Crippen molar-refractivity contribution in [1.82, 2.24) is 15.6 Å². The van der Waals surface area contributed by atoms with Crippen molar-refractivity contribution in [2.45, 2.75) is 6.92 Å². The van der Waals surface area contributed by atoms with Gasteiger partial charge in [0.15, 0.2) is 11.6 Å². The van der Waals surface area contributed by atoms with Gasteiger partial charge in [0.2, 0.25) is 0 Å². The van der Waals surface area contributed by atoms with E-state index in [1.54, 1.807) is 18.5 Å². The fraction of sp³-hybridized carbons (Fsp3) is 0.176. The third-order valence-electron chi connectivity index (χ3n) is 3.72. The SMILES string of the molecule is [C-]#[N+]c1ccc(O)c(C(=O)NC2=NCCN2)c1-c1cnccc1C. The first kappa shape index (κ1) is 15.5. The Morgan fingerprint density at radius 2 is 2.25 bits per heavy atom. The van der Waals surface area contributed by atoms with Crippen LogP contribution in [-0.2, 0) is 0 Å². The molecular formula is C17H15N5O2. The standard InChI is InChI=1S/C17H15N5O2/c1-10-5-6-19-9-11(10)14-12(18-2)3-4-13(23)15(14)16(24)22-17-20-7-8-21-17/h3-6,9,23H,7-8H2,1H3,(H2,20,21,22,24). The van der Waals surface area contributed by atoms with Crippen molar-refractivity contribution in [3.8, 4) is 16.9 Å². The number of aryl methyl sites for hydroxylation is 1. The van der Waals surface area contributed by atoms with Crippen LogP contribution in [0, 0.1) is 13.5 Å². The molecule has 2 aromatic rings. The second-order valence-corrected chi connectivity index (χ2v) is 5.27. The number of amides is 1. The number of carbonyl (C=O) groups is 1. The lowest BCUT2D eigenvalue weighted by Gasteiger charge is -2.15. The van der Waals surface area contributed by atoms with Crippen LogP contribution in [0.5, 0.6) is 5.75 Å². The molecule has 1 amide bonds. The van der Waals surface area contributed by atoms with Crippen molar-refractivity contribution in [1.29, 1.82) is 0 Å². The van der Waals surface area contributed by atoms with Crippen LogP contribution in [0.3, 0.4) is 0 Å². The maximum atomic E-state index is 12.7. The zero-order chi connectivity index (χ0) is 17.1. The molecule has 7 heteroatoms. The molecular weight excluding hydrogens is 306 g/mol. The molecule has 1 aromatic carbocycles. The topological polar surface area (TPSA) is 91.0 Å². The van der Waals surface area contributed by atoms with E-state index >= 15 is 0 Å². The summed E-state index contributed by atoms with van der Waals surface area (Å²) in [5.74, 6) is -0.359. The van der Waals surface area contributed by atoms with Gasteiger partial charge in [0.25, 0.3) is 5.91 Å². The van der Waals surface area contributed by atoms with Crippen LogP contribution in [0.4, 0.5) is 5.69 Å². The van der Waals surface area contributed by atoms with Crippen molar-refractivity contribution in [2.24, 2.45) is 4.99 Å². The molecule has 0 saturated carbocycles. The Labute approximate surface area is 138 Å². The smallest absolute Gasteiger partial charge is 0.261 e. The first-order valence-corrected chi connectivity index (χ1v) is 7.36. The van der Waals surface area contributed by atoms with Gasteiger partial charge in [0.1, 0.15) is 5.75 Å². The number of nitrogens with zero attached hydrogens (tertiary/aromatic N) is 3. The zero-order valence-corrected chi connectivity index (χ0v) is 13.0. The summed E-state index contributed by atoms with van der Waals surface area (Å²) in [5, 5.41) is 15.8. The van der Waals surface area contributed by atoms with Gasteiger partial charge < -0.3 is 10.4 Å². The van der Waals surface area contributed by atoms with E-state index in [1.807, 2.05) is 6.92 Å². The molecule has 120 valence electrons. The number of phenols is 1. The van der Waals surface area contributed by atoms with Crippen LogP contribution in [0.2, 0.25) is 0 Å². The van der Waals surface area contributed by atoms with Crippen LogP contribution in [0.25, 0.3) is 16.0 Å². The highest BCUT2D eigenvalue weighted by molar-refractivity contribution is 6.13. The number of aromatic nitrogens is 1. The van der Waals surface area contributed by atoms with Gasteiger partial charge in [-0.3, -0.25) is 20.1 Å². The van der Waals surface area contributed by atoms with Crippen LogP contribution in [0.1, 0.15) is 15.9 Å². The van der Waals surface area contributed by atoms with Crippen molar-refractivity contribution in [3.05, 3.63) is 53.1 Å². The number of guanidine groups is 1. The predicted octanol–water partition coefficient (Wildman–Crippen LogP) is 2.00. The number of pyridine rings is 1. The number of aromatic hydroxyl groups is 1. The zero-order valence-electron chi connectivity index (χ0n) is 13.0. The largest absolute Gasteiger partial charge is 0.507 e. The molecule has 3 rings (SSSR count). The minimum Gasteiger partial charge on any atom is -0.507 e. The number of rotatable bonds is 2. The molecule has 7 nitrogen and oxygen atoms in total. The average Bonchev–Trinajstić information content (AvgIpc) is 3.08. The van der Waals surface area contributed by atoms with E-state index in [-0.39, 0.29) is 17.0 Å². The summed E-state index contributed by atoms with van der Waals surface area (Å²) >= 11 is 0. The number of benzene rings is 1. The number of aliphatic imine (C=N–C) groups is 1. The fourth-order valence-electron chi connectivity index (χ4n) is 2.55. The normalized spacial score (nSPS) is 12.9. The molecule has 0 aliphatic carbocycles. The molecule has 0 spiro atoms. The Hall–Kier alpha value is -3.40. The van der Waals surface area contributed by atoms with Crippen molar-refractivity contribution in [2.75, 3.05) is 13.1 Å². The van der Waals surface area contributed by atoms with E-state index in [9.17, 15) is 9.90 Å². The number of carbonyl (C=O) groups excluding carboxylic acids is 1. The average molecular weight is 321 g/mol. The highest BCUT2D eigenvalue weighted by Crippen LogP contribution is 2.39. The van der Waals surface area contributed by atoms with Gasteiger partial charge in [0.05, 0.1) is 18.7 Å². The van der Waals surface area contributed by atoms with Crippen LogP contribution >= 0.6 is 0 Å². The first-order chi connectivity index (χ1) is 11.6. The fourth-order valence-corrected chi connectivity index (χ4v) is 2.55. The van der Waals surface area contributed by atoms with E-state index in [2.05, 4.69) is 25.5 Å². The second-order valence-electron chi connectivity index (χ2n) is 5.27. The second kappa shape index (κ2) is 6.38. The van der Waals surface area contributed by atoms with Gasteiger partial charge in [-0.25, -0.2) is 4.85 Å². The first-order valence-electron chi connectivity index (χ1n) is 7.36. The van der Waals surface area contributed by atoms with E-state index in [1.165, 1.54) is 12.1 Å². The van der Waals surface area contributed by atoms with E-state index in [0.717, 1.165) is 5.56 Å². The van der Waals surface area contributed by atoms with E-state index in [0.29, 0.717) is 30.2 Å². The summed E-state index contributed by atoms with van der Waals surface area (Å²) in [6.45, 7) is 10.5. The Morgan fingerprint density at radius 3 is 2.92 bits per heavy atom. The molecule has 3 N–H and O–H groups in total. The van der Waals surface area contributed by atoms with Crippen molar-refractivity contribution in [3.63, 3.8) is 0 Å². The van der Waals surface area contributed by atoms with Crippen LogP contribution < -0.4 is 10.6 Å². The molecule has 24 heavy (non-hydrogen) atoms. The monoisotopic (exact) mass is 321 g/mol. The number of hydrogen-bond donors (Lipinski definition) is 3. The Morgan fingerprint density at radius 1 is 1.42 bits per heavy atom. The van der Waals surface area contributed by atoms with Crippen LogP contribution in [0.15, 0.2) is 35.6 Å². The van der Waals surface area contributed by atoms with Crippen molar-refractivity contribution < 1.29 is 9.90 Å². The molecule has 0 fully saturated rings. The third kappa shape index (κ3) is 2.77. The minimum atomic E-state index is -0.524. The minimum absolute atomic E-state index is 0.0380. The summed E-state index contributed by atoms with van der Waals surface area (Å²) in [5.41, 5.74) is 2.16. The lowest BCUT2D eigenvalue weighted by atomic mass is 9.94. The molecule has 0 bridgehead atoms. The van der Waals surface area contributed by atoms with Gasteiger partial charge in [0, 0.05) is 24.5 Å². The van der Waals surface area contributed by atoms with E-state index < -0.39 is 5.91 Å². The highest BCUT2D eigenvalue weighted by Gasteiger charge is 2.23. The van der Waals surface area contributed by atoms with E-state index in [4.69, 9.17) is 6.57 Å². The molecule has 1 aliphatic heterocycles. The van der Waals surface area contributed by atoms with Gasteiger partial charge in [-0.2, -0.15) is 0 Å². The number of phenolic OH excluding ortho intramolecular Hbond substituents is 1. The molecule has 0 saturated heterocycles. The Kier molecular flexibility index (Phi) is 4.12. The maximum absolute atomic E-state index is 12.7. The summed E-state index contributed by atoms with van der Waals surface area (Å²) in [4.78, 5) is 24.4. The van der Waals surface area contributed by atoms with Gasteiger partial charge in [-0.1, -0.05) is 6.07 Å². The predicted molar refractivity (Wildman–Crippen MR) is 90.1 cm³/mol. The van der Waals surface area contributed by atoms with Gasteiger partial charge in [-0.05, 0) is 30.2 Å². The number of hydrogen-bond acceptors (Lipinski definition) is 5. The lowest BCUT2D eigenvalue weighted by Crippen LogP contribution is -2.38. The van der Waals surface area contributed by atoms with Gasteiger partial charge in [-0.15, -0.1) is 0 Å². The summed E-state index contributed by atoms with van der Waals surface area (Å²) in [6.07, 6.45) is 3.22. The molecule has 0 atom stereocenters. The Balaban J connectivity index is 2.16. The molecule has 1 aromatic heterocycles. The third-order valence-corrected chi connectivity index (χ3v) is 3.72. The molecule has 1 aliphatic rings. The van der Waals surface area contributed by atoms with Crippen LogP contribution in [-0.4, -0.2) is 35.0 Å².